The second-order valence-corrected chi connectivity index (χ2v) is 4.40. The van der Waals surface area contributed by atoms with Crippen molar-refractivity contribution < 1.29 is 18.7 Å². The fourth-order valence-electron chi connectivity index (χ4n) is 1.73. The summed E-state index contributed by atoms with van der Waals surface area (Å²) in [7, 11) is 0. The summed E-state index contributed by atoms with van der Waals surface area (Å²) in [6.07, 6.45) is 0.521. The van der Waals surface area contributed by atoms with Gasteiger partial charge in [0.25, 0.3) is 5.79 Å². The lowest BCUT2D eigenvalue weighted by Crippen LogP contribution is -2.45. The highest BCUT2D eigenvalue weighted by atomic mass is 35.5. The standard InChI is InChI=1S/C12H11ClFNO3/c13-9-5-2-1-4-8(9)10(16)18-11(17)12(14)6-3-7-15-12/h1-2,4-5,15H,3,6-7H2/t12-/m0/s1. The van der Waals surface area contributed by atoms with Crippen LogP contribution in [0.15, 0.2) is 24.3 Å². The van der Waals surface area contributed by atoms with E-state index in [1.165, 1.54) is 12.1 Å². The topological polar surface area (TPSA) is 55.4 Å². The molecule has 96 valence electrons. The van der Waals surface area contributed by atoms with E-state index < -0.39 is 17.7 Å². The number of alkyl halides is 1. The highest BCUT2D eigenvalue weighted by Crippen LogP contribution is 2.23. The molecule has 1 heterocycles. The van der Waals surface area contributed by atoms with Gasteiger partial charge in [-0.05, 0) is 25.1 Å². The summed E-state index contributed by atoms with van der Waals surface area (Å²) in [5.41, 5.74) is 0.0362. The Hall–Kier alpha value is -1.46. The summed E-state index contributed by atoms with van der Waals surface area (Å²) in [6.45, 7) is 0.381. The van der Waals surface area contributed by atoms with Crippen molar-refractivity contribution in [1.82, 2.24) is 5.32 Å². The van der Waals surface area contributed by atoms with Gasteiger partial charge in [-0.15, -0.1) is 0 Å². The smallest absolute Gasteiger partial charge is 0.367 e. The van der Waals surface area contributed by atoms with E-state index >= 15 is 0 Å². The van der Waals surface area contributed by atoms with Crippen LogP contribution in [0.5, 0.6) is 0 Å². The number of carbonyl (C=O) groups is 2. The molecule has 1 aliphatic heterocycles. The molecular weight excluding hydrogens is 261 g/mol. The molecule has 1 N–H and O–H groups in total. The average Bonchev–Trinajstić information content (AvgIpc) is 2.78. The largest absolute Gasteiger partial charge is 0.386 e. The highest BCUT2D eigenvalue weighted by molar-refractivity contribution is 6.33. The third-order valence-corrected chi connectivity index (χ3v) is 3.04. The minimum absolute atomic E-state index is 0.00162. The van der Waals surface area contributed by atoms with Gasteiger partial charge in [-0.2, -0.15) is 0 Å². The first-order valence-corrected chi connectivity index (χ1v) is 5.86. The zero-order valence-electron chi connectivity index (χ0n) is 9.41. The summed E-state index contributed by atoms with van der Waals surface area (Å²) < 4.78 is 18.4. The summed E-state index contributed by atoms with van der Waals surface area (Å²) >= 11 is 5.78. The van der Waals surface area contributed by atoms with E-state index in [0.29, 0.717) is 13.0 Å². The van der Waals surface area contributed by atoms with Crippen molar-refractivity contribution in [2.75, 3.05) is 6.54 Å². The molecule has 18 heavy (non-hydrogen) atoms. The zero-order valence-corrected chi connectivity index (χ0v) is 10.2. The molecule has 0 saturated carbocycles. The Morgan fingerprint density at radius 2 is 2.11 bits per heavy atom. The van der Waals surface area contributed by atoms with Crippen molar-refractivity contribution in [3.05, 3.63) is 34.9 Å². The number of esters is 2. The summed E-state index contributed by atoms with van der Waals surface area (Å²) in [5, 5.41) is 2.53. The lowest BCUT2D eigenvalue weighted by atomic mass is 10.2. The number of carbonyl (C=O) groups excluding carboxylic acids is 2. The second-order valence-electron chi connectivity index (χ2n) is 3.99. The molecule has 6 heteroatoms. The molecule has 1 aromatic rings. The molecule has 2 rings (SSSR count). The van der Waals surface area contributed by atoms with Gasteiger partial charge in [0.05, 0.1) is 10.6 Å². The molecule has 0 aliphatic carbocycles. The number of hydrogen-bond acceptors (Lipinski definition) is 4. The van der Waals surface area contributed by atoms with E-state index in [-0.39, 0.29) is 17.0 Å². The van der Waals surface area contributed by atoms with Crippen LogP contribution in [0.25, 0.3) is 0 Å². The first kappa shape index (κ1) is 13.0. The quantitative estimate of drug-likeness (QED) is 0.508. The number of ether oxygens (including phenoxy) is 1. The molecule has 0 unspecified atom stereocenters. The van der Waals surface area contributed by atoms with Crippen LogP contribution >= 0.6 is 11.6 Å². The van der Waals surface area contributed by atoms with Crippen LogP contribution in [0, 0.1) is 0 Å². The second kappa shape index (κ2) is 5.04. The Morgan fingerprint density at radius 3 is 2.72 bits per heavy atom. The van der Waals surface area contributed by atoms with Crippen LogP contribution in [0.2, 0.25) is 5.02 Å². The first-order chi connectivity index (χ1) is 8.53. The van der Waals surface area contributed by atoms with Crippen LogP contribution in [0.1, 0.15) is 23.2 Å². The van der Waals surface area contributed by atoms with Crippen molar-refractivity contribution in [2.24, 2.45) is 0 Å². The molecule has 0 amide bonds. The third-order valence-electron chi connectivity index (χ3n) is 2.71. The minimum Gasteiger partial charge on any atom is -0.386 e. The van der Waals surface area contributed by atoms with E-state index in [4.69, 9.17) is 11.6 Å². The molecule has 1 fully saturated rings. The van der Waals surface area contributed by atoms with Gasteiger partial charge in [0, 0.05) is 6.42 Å². The zero-order chi connectivity index (χ0) is 13.2. The summed E-state index contributed by atoms with van der Waals surface area (Å²) in [6, 6.07) is 6.11. The van der Waals surface area contributed by atoms with Gasteiger partial charge in [0.2, 0.25) is 0 Å². The van der Waals surface area contributed by atoms with E-state index in [9.17, 15) is 14.0 Å². The SMILES string of the molecule is O=C(OC(=O)[C@]1(F)CCCN1)c1ccccc1Cl. The van der Waals surface area contributed by atoms with Crippen molar-refractivity contribution in [3.63, 3.8) is 0 Å². The lowest BCUT2D eigenvalue weighted by molar-refractivity contribution is -0.152. The maximum absolute atomic E-state index is 13.9. The number of rotatable bonds is 2. The molecule has 0 radical (unpaired) electrons. The van der Waals surface area contributed by atoms with E-state index in [1.807, 2.05) is 0 Å². The Bertz CT molecular complexity index is 486. The molecule has 1 saturated heterocycles. The van der Waals surface area contributed by atoms with Gasteiger partial charge >= 0.3 is 11.9 Å². The molecule has 0 aromatic heterocycles. The molecule has 1 aliphatic rings. The Labute approximate surface area is 108 Å². The minimum atomic E-state index is -2.27. The molecule has 1 aromatic carbocycles. The van der Waals surface area contributed by atoms with E-state index in [1.54, 1.807) is 12.1 Å². The molecule has 0 spiro atoms. The van der Waals surface area contributed by atoms with Crippen molar-refractivity contribution in [1.29, 1.82) is 0 Å². The lowest BCUT2D eigenvalue weighted by Gasteiger charge is -2.16. The maximum Gasteiger partial charge on any atom is 0.367 e. The van der Waals surface area contributed by atoms with Gasteiger partial charge in [-0.3, -0.25) is 5.32 Å². The third kappa shape index (κ3) is 2.52. The van der Waals surface area contributed by atoms with Gasteiger partial charge in [-0.1, -0.05) is 23.7 Å². The number of nitrogens with one attached hydrogen (secondary N) is 1. The van der Waals surface area contributed by atoms with Gasteiger partial charge < -0.3 is 4.74 Å². The molecule has 0 bridgehead atoms. The monoisotopic (exact) mass is 271 g/mol. The maximum atomic E-state index is 13.9. The van der Waals surface area contributed by atoms with Crippen LogP contribution in [-0.2, 0) is 9.53 Å². The number of hydrogen-bond donors (Lipinski definition) is 1. The number of benzene rings is 1. The first-order valence-electron chi connectivity index (χ1n) is 5.48. The Morgan fingerprint density at radius 1 is 1.39 bits per heavy atom. The van der Waals surface area contributed by atoms with Crippen molar-refractivity contribution in [3.8, 4) is 0 Å². The summed E-state index contributed by atoms with van der Waals surface area (Å²) in [4.78, 5) is 23.2. The van der Waals surface area contributed by atoms with Crippen molar-refractivity contribution in [2.45, 2.75) is 18.6 Å². The number of halogens is 2. The van der Waals surface area contributed by atoms with E-state index in [0.717, 1.165) is 0 Å². The van der Waals surface area contributed by atoms with Crippen LogP contribution < -0.4 is 5.32 Å². The van der Waals surface area contributed by atoms with Gasteiger partial charge in [0.15, 0.2) is 0 Å². The van der Waals surface area contributed by atoms with Gasteiger partial charge in [-0.25, -0.2) is 14.0 Å². The Balaban J connectivity index is 2.08. The normalized spacial score (nSPS) is 22.8. The van der Waals surface area contributed by atoms with E-state index in [2.05, 4.69) is 10.1 Å². The molecule has 4 nitrogen and oxygen atoms in total. The average molecular weight is 272 g/mol. The highest BCUT2D eigenvalue weighted by Gasteiger charge is 2.44. The van der Waals surface area contributed by atoms with Gasteiger partial charge in [0.1, 0.15) is 0 Å². The molecule has 1 atom stereocenters. The predicted molar refractivity (Wildman–Crippen MR) is 63.0 cm³/mol. The van der Waals surface area contributed by atoms with Crippen LogP contribution in [0.3, 0.4) is 0 Å². The van der Waals surface area contributed by atoms with Crippen molar-refractivity contribution >= 4 is 23.5 Å². The molecular formula is C12H11ClFNO3. The predicted octanol–water partition coefficient (Wildman–Crippen LogP) is 2.07. The fraction of sp³-hybridized carbons (Fsp3) is 0.333. The Kier molecular flexibility index (Phi) is 3.63. The summed E-state index contributed by atoms with van der Waals surface area (Å²) in [5.74, 6) is -4.43. The fourth-order valence-corrected chi connectivity index (χ4v) is 1.94. The van der Waals surface area contributed by atoms with Crippen LogP contribution in [-0.4, -0.2) is 24.3 Å². The van der Waals surface area contributed by atoms with Crippen LogP contribution in [0.4, 0.5) is 4.39 Å².